The molecule has 0 saturated heterocycles. The van der Waals surface area contributed by atoms with E-state index in [-0.39, 0.29) is 6.61 Å². The van der Waals surface area contributed by atoms with Crippen LogP contribution >= 0.6 is 0 Å². The molecule has 1 atom stereocenters. The third kappa shape index (κ3) is 1.33. The predicted molar refractivity (Wildman–Crippen MR) is 42.8 cm³/mol. The molecule has 3 heteroatoms. The summed E-state index contributed by atoms with van der Waals surface area (Å²) in [5.41, 5.74) is 0.610. The van der Waals surface area contributed by atoms with Crippen molar-refractivity contribution < 1.29 is 14.6 Å². The van der Waals surface area contributed by atoms with Gasteiger partial charge in [-0.3, -0.25) is 0 Å². The minimum absolute atomic E-state index is 0.132. The maximum atomic E-state index is 10.1. The third-order valence-electron chi connectivity index (χ3n) is 3.25. The molecule has 68 valence electrons. The van der Waals surface area contributed by atoms with Gasteiger partial charge >= 0.3 is 5.97 Å². The molecule has 0 aromatic carbocycles. The molecule has 2 rings (SSSR count). The highest BCUT2D eigenvalue weighted by Crippen LogP contribution is 2.65. The number of carbonyl (C=O) groups is 1. The van der Waals surface area contributed by atoms with E-state index < -0.39 is 5.97 Å². The van der Waals surface area contributed by atoms with E-state index >= 15 is 0 Å². The molecule has 3 nitrogen and oxygen atoms in total. The molecule has 0 aromatic rings. The number of rotatable bonds is 4. The zero-order chi connectivity index (χ0) is 8.60. The molecule has 0 radical (unpaired) electrons. The van der Waals surface area contributed by atoms with Gasteiger partial charge in [-0.25, -0.2) is 4.79 Å². The van der Waals surface area contributed by atoms with Crippen molar-refractivity contribution in [1.29, 1.82) is 0 Å². The van der Waals surface area contributed by atoms with E-state index in [1.807, 2.05) is 0 Å². The van der Waals surface area contributed by atoms with Crippen molar-refractivity contribution >= 4 is 5.97 Å². The van der Waals surface area contributed by atoms with E-state index in [1.165, 1.54) is 25.7 Å². The molecule has 2 aliphatic carbocycles. The summed E-state index contributed by atoms with van der Waals surface area (Å²) >= 11 is 0. The molecule has 2 aliphatic rings. The topological polar surface area (TPSA) is 46.5 Å². The SMILES string of the molecule is O=C(O)COCC1CC12CCC2. The summed E-state index contributed by atoms with van der Waals surface area (Å²) in [6.45, 7) is 0.527. The quantitative estimate of drug-likeness (QED) is 0.691. The zero-order valence-electron chi connectivity index (χ0n) is 7.08. The first kappa shape index (κ1) is 8.05. The van der Waals surface area contributed by atoms with Crippen LogP contribution in [0.1, 0.15) is 25.7 Å². The predicted octanol–water partition coefficient (Wildman–Crippen LogP) is 1.28. The fourth-order valence-corrected chi connectivity index (χ4v) is 2.20. The second-order valence-electron chi connectivity index (χ2n) is 4.03. The molecular weight excluding hydrogens is 156 g/mol. The third-order valence-corrected chi connectivity index (χ3v) is 3.25. The van der Waals surface area contributed by atoms with Gasteiger partial charge in [0.25, 0.3) is 0 Å². The molecule has 1 N–H and O–H groups in total. The fourth-order valence-electron chi connectivity index (χ4n) is 2.20. The van der Waals surface area contributed by atoms with Crippen LogP contribution in [0, 0.1) is 11.3 Å². The van der Waals surface area contributed by atoms with Crippen LogP contribution in [0.5, 0.6) is 0 Å². The Morgan fingerprint density at radius 3 is 2.75 bits per heavy atom. The number of ether oxygens (including phenoxy) is 1. The Morgan fingerprint density at radius 1 is 1.58 bits per heavy atom. The summed E-state index contributed by atoms with van der Waals surface area (Å²) < 4.78 is 5.05. The molecule has 2 fully saturated rings. The van der Waals surface area contributed by atoms with Crippen LogP contribution < -0.4 is 0 Å². The lowest BCUT2D eigenvalue weighted by Crippen LogP contribution is -2.18. The molecule has 2 saturated carbocycles. The van der Waals surface area contributed by atoms with Gasteiger partial charge in [0, 0.05) is 0 Å². The zero-order valence-corrected chi connectivity index (χ0v) is 7.08. The summed E-state index contributed by atoms with van der Waals surface area (Å²) in [6.07, 6.45) is 5.31. The Labute approximate surface area is 71.7 Å². The summed E-state index contributed by atoms with van der Waals surface area (Å²) in [4.78, 5) is 10.1. The average Bonchev–Trinajstić information content (AvgIpc) is 2.60. The maximum absolute atomic E-state index is 10.1. The van der Waals surface area contributed by atoms with Crippen molar-refractivity contribution in [3.05, 3.63) is 0 Å². The van der Waals surface area contributed by atoms with Crippen molar-refractivity contribution in [2.24, 2.45) is 11.3 Å². The van der Waals surface area contributed by atoms with Gasteiger partial charge in [0.05, 0.1) is 6.61 Å². The standard InChI is InChI=1S/C9H14O3/c10-8(11)6-12-5-7-4-9(7)2-1-3-9/h7H,1-6H2,(H,10,11). The summed E-state index contributed by atoms with van der Waals surface area (Å²) in [6, 6.07) is 0. The Morgan fingerprint density at radius 2 is 2.33 bits per heavy atom. The second kappa shape index (κ2) is 2.73. The first-order valence-corrected chi connectivity index (χ1v) is 4.52. The Balaban J connectivity index is 1.61. The lowest BCUT2D eigenvalue weighted by Gasteiger charge is -2.26. The maximum Gasteiger partial charge on any atom is 0.329 e. The van der Waals surface area contributed by atoms with Crippen LogP contribution in [0.3, 0.4) is 0 Å². The lowest BCUT2D eigenvalue weighted by molar-refractivity contribution is -0.142. The molecule has 0 bridgehead atoms. The van der Waals surface area contributed by atoms with Crippen LogP contribution in [-0.4, -0.2) is 24.3 Å². The second-order valence-corrected chi connectivity index (χ2v) is 4.03. The van der Waals surface area contributed by atoms with E-state index in [9.17, 15) is 4.79 Å². The van der Waals surface area contributed by atoms with E-state index in [4.69, 9.17) is 9.84 Å². The van der Waals surface area contributed by atoms with E-state index in [2.05, 4.69) is 0 Å². The number of aliphatic carboxylic acids is 1. The molecule has 0 heterocycles. The minimum Gasteiger partial charge on any atom is -0.480 e. The first-order valence-electron chi connectivity index (χ1n) is 4.52. The van der Waals surface area contributed by atoms with Gasteiger partial charge in [-0.2, -0.15) is 0 Å². The highest BCUT2D eigenvalue weighted by Gasteiger charge is 2.57. The lowest BCUT2D eigenvalue weighted by atomic mass is 9.80. The Hall–Kier alpha value is -0.570. The highest BCUT2D eigenvalue weighted by atomic mass is 16.5. The van der Waals surface area contributed by atoms with E-state index in [0.29, 0.717) is 17.9 Å². The molecule has 0 aliphatic heterocycles. The molecule has 1 spiro atoms. The van der Waals surface area contributed by atoms with Crippen LogP contribution in [0.25, 0.3) is 0 Å². The minimum atomic E-state index is -0.863. The Bertz CT molecular complexity index is 196. The van der Waals surface area contributed by atoms with Gasteiger partial charge in [-0.05, 0) is 30.6 Å². The van der Waals surface area contributed by atoms with Gasteiger partial charge in [0.2, 0.25) is 0 Å². The van der Waals surface area contributed by atoms with E-state index in [1.54, 1.807) is 0 Å². The van der Waals surface area contributed by atoms with Crippen molar-refractivity contribution in [2.45, 2.75) is 25.7 Å². The number of carboxylic acid groups (broad SMARTS) is 1. The van der Waals surface area contributed by atoms with Crippen LogP contribution in [0.15, 0.2) is 0 Å². The Kier molecular flexibility index (Phi) is 1.83. The number of carboxylic acids is 1. The van der Waals surface area contributed by atoms with Crippen molar-refractivity contribution in [3.8, 4) is 0 Å². The van der Waals surface area contributed by atoms with Crippen LogP contribution in [0.2, 0.25) is 0 Å². The van der Waals surface area contributed by atoms with E-state index in [0.717, 1.165) is 0 Å². The molecule has 0 amide bonds. The summed E-state index contributed by atoms with van der Waals surface area (Å²) in [7, 11) is 0. The van der Waals surface area contributed by atoms with Crippen molar-refractivity contribution in [1.82, 2.24) is 0 Å². The molecule has 0 aromatic heterocycles. The number of hydrogen-bond acceptors (Lipinski definition) is 2. The van der Waals surface area contributed by atoms with Gasteiger partial charge in [0.1, 0.15) is 6.61 Å². The monoisotopic (exact) mass is 170 g/mol. The molecule has 12 heavy (non-hydrogen) atoms. The van der Waals surface area contributed by atoms with Crippen molar-refractivity contribution in [2.75, 3.05) is 13.2 Å². The molecular formula is C9H14O3. The molecule has 1 unspecified atom stereocenters. The summed E-state index contributed by atoms with van der Waals surface area (Å²) in [5, 5.41) is 8.32. The van der Waals surface area contributed by atoms with Crippen LogP contribution in [-0.2, 0) is 9.53 Å². The van der Waals surface area contributed by atoms with Gasteiger partial charge < -0.3 is 9.84 Å². The van der Waals surface area contributed by atoms with Crippen molar-refractivity contribution in [3.63, 3.8) is 0 Å². The first-order chi connectivity index (χ1) is 5.73. The smallest absolute Gasteiger partial charge is 0.329 e. The van der Waals surface area contributed by atoms with Crippen LogP contribution in [0.4, 0.5) is 0 Å². The fraction of sp³-hybridized carbons (Fsp3) is 0.889. The van der Waals surface area contributed by atoms with Gasteiger partial charge in [0.15, 0.2) is 0 Å². The average molecular weight is 170 g/mol. The largest absolute Gasteiger partial charge is 0.480 e. The summed E-state index contributed by atoms with van der Waals surface area (Å²) in [5.74, 6) is -0.191. The number of hydrogen-bond donors (Lipinski definition) is 1. The normalized spacial score (nSPS) is 29.8. The van der Waals surface area contributed by atoms with Gasteiger partial charge in [-0.1, -0.05) is 6.42 Å². The highest BCUT2D eigenvalue weighted by molar-refractivity contribution is 5.67. The van der Waals surface area contributed by atoms with Gasteiger partial charge in [-0.15, -0.1) is 0 Å².